The van der Waals surface area contributed by atoms with E-state index in [9.17, 15) is 4.79 Å². The van der Waals surface area contributed by atoms with Crippen LogP contribution in [0.2, 0.25) is 0 Å². The van der Waals surface area contributed by atoms with Crippen LogP contribution in [0.3, 0.4) is 0 Å². The highest BCUT2D eigenvalue weighted by Crippen LogP contribution is 2.10. The monoisotopic (exact) mass is 170 g/mol. The lowest BCUT2D eigenvalue weighted by molar-refractivity contribution is 0.0691. The second-order valence-corrected chi connectivity index (χ2v) is 2.41. The summed E-state index contributed by atoms with van der Waals surface area (Å²) < 4.78 is 4.79. The molecule has 0 aliphatic carbocycles. The molecule has 2 N–H and O–H groups in total. The summed E-state index contributed by atoms with van der Waals surface area (Å²) in [5.41, 5.74) is 1.19. The van der Waals surface area contributed by atoms with Crippen LogP contribution in [0.25, 0.3) is 0 Å². The number of carboxylic acids is 1. The summed E-state index contributed by atoms with van der Waals surface area (Å²) in [5.74, 6) is -0.978. The van der Waals surface area contributed by atoms with Gasteiger partial charge in [0.05, 0.1) is 6.61 Å². The standard InChI is InChI=1S/C7H10N2O3/c1-4-6(7(10)11)5(3-12-2)9-8-4/h3H2,1-2H3,(H,8,9)(H,10,11). The maximum absolute atomic E-state index is 10.7. The van der Waals surface area contributed by atoms with Crippen LogP contribution in [-0.4, -0.2) is 28.4 Å². The summed E-state index contributed by atoms with van der Waals surface area (Å²) in [7, 11) is 1.50. The number of rotatable bonds is 3. The first-order chi connectivity index (χ1) is 5.66. The van der Waals surface area contributed by atoms with Crippen LogP contribution in [-0.2, 0) is 11.3 Å². The Morgan fingerprint density at radius 2 is 2.42 bits per heavy atom. The largest absolute Gasteiger partial charge is 0.478 e. The SMILES string of the molecule is COCc1n[nH]c(C)c1C(=O)O. The molecule has 0 fully saturated rings. The van der Waals surface area contributed by atoms with Crippen molar-refractivity contribution in [2.45, 2.75) is 13.5 Å². The van der Waals surface area contributed by atoms with Gasteiger partial charge in [-0.1, -0.05) is 0 Å². The Hall–Kier alpha value is -1.36. The second kappa shape index (κ2) is 3.36. The van der Waals surface area contributed by atoms with Gasteiger partial charge in [0.25, 0.3) is 0 Å². The third-order valence-electron chi connectivity index (χ3n) is 1.52. The van der Waals surface area contributed by atoms with Crippen LogP contribution < -0.4 is 0 Å². The quantitative estimate of drug-likeness (QED) is 0.695. The lowest BCUT2D eigenvalue weighted by Gasteiger charge is -1.95. The number of methoxy groups -OCH3 is 1. The zero-order chi connectivity index (χ0) is 9.14. The van der Waals surface area contributed by atoms with E-state index in [1.165, 1.54) is 7.11 Å². The van der Waals surface area contributed by atoms with Gasteiger partial charge in [0.2, 0.25) is 0 Å². The molecule has 1 aromatic heterocycles. The van der Waals surface area contributed by atoms with E-state index in [0.717, 1.165) is 0 Å². The number of carboxylic acid groups (broad SMARTS) is 1. The molecule has 0 unspecified atom stereocenters. The maximum atomic E-state index is 10.7. The first-order valence-electron chi connectivity index (χ1n) is 3.43. The van der Waals surface area contributed by atoms with Crippen LogP contribution in [0.4, 0.5) is 0 Å². The summed E-state index contributed by atoms with van der Waals surface area (Å²) in [6, 6.07) is 0. The predicted molar refractivity (Wildman–Crippen MR) is 41.0 cm³/mol. The minimum Gasteiger partial charge on any atom is -0.478 e. The Morgan fingerprint density at radius 1 is 1.75 bits per heavy atom. The lowest BCUT2D eigenvalue weighted by atomic mass is 10.2. The molecule has 12 heavy (non-hydrogen) atoms. The maximum Gasteiger partial charge on any atom is 0.339 e. The molecular formula is C7H10N2O3. The molecule has 5 nitrogen and oxygen atoms in total. The van der Waals surface area contributed by atoms with E-state index in [2.05, 4.69) is 10.2 Å². The van der Waals surface area contributed by atoms with E-state index in [1.807, 2.05) is 0 Å². The normalized spacial score (nSPS) is 10.2. The molecule has 0 aliphatic heterocycles. The highest BCUT2D eigenvalue weighted by Gasteiger charge is 2.16. The molecule has 66 valence electrons. The number of aromatic amines is 1. The van der Waals surface area contributed by atoms with E-state index < -0.39 is 5.97 Å². The molecule has 1 heterocycles. The van der Waals surface area contributed by atoms with Crippen LogP contribution in [0, 0.1) is 6.92 Å². The van der Waals surface area contributed by atoms with Crippen LogP contribution in [0.5, 0.6) is 0 Å². The molecule has 0 bridgehead atoms. The second-order valence-electron chi connectivity index (χ2n) is 2.41. The Morgan fingerprint density at radius 3 is 2.92 bits per heavy atom. The summed E-state index contributed by atoms with van der Waals surface area (Å²) in [6.45, 7) is 1.88. The molecule has 0 spiro atoms. The average molecular weight is 170 g/mol. The molecule has 0 atom stereocenters. The van der Waals surface area contributed by atoms with Gasteiger partial charge in [-0.3, -0.25) is 5.10 Å². The summed E-state index contributed by atoms with van der Waals surface area (Å²) in [6.07, 6.45) is 0. The van der Waals surface area contributed by atoms with Crippen molar-refractivity contribution in [2.24, 2.45) is 0 Å². The van der Waals surface area contributed by atoms with Gasteiger partial charge in [-0.2, -0.15) is 5.10 Å². The van der Waals surface area contributed by atoms with E-state index in [4.69, 9.17) is 9.84 Å². The summed E-state index contributed by atoms with van der Waals surface area (Å²) >= 11 is 0. The molecular weight excluding hydrogens is 160 g/mol. The molecule has 1 rings (SSSR count). The van der Waals surface area contributed by atoms with Gasteiger partial charge in [-0.25, -0.2) is 4.79 Å². The van der Waals surface area contributed by atoms with Crippen LogP contribution in [0.15, 0.2) is 0 Å². The van der Waals surface area contributed by atoms with Crippen molar-refractivity contribution in [3.05, 3.63) is 17.0 Å². The molecule has 0 amide bonds. The Kier molecular flexibility index (Phi) is 2.44. The minimum atomic E-state index is -0.978. The van der Waals surface area contributed by atoms with Crippen molar-refractivity contribution < 1.29 is 14.6 Å². The van der Waals surface area contributed by atoms with Crippen molar-refractivity contribution >= 4 is 5.97 Å². The van der Waals surface area contributed by atoms with E-state index >= 15 is 0 Å². The van der Waals surface area contributed by atoms with Gasteiger partial charge in [-0.15, -0.1) is 0 Å². The van der Waals surface area contributed by atoms with Crippen LogP contribution in [0.1, 0.15) is 21.7 Å². The van der Waals surface area contributed by atoms with Gasteiger partial charge >= 0.3 is 5.97 Å². The van der Waals surface area contributed by atoms with Crippen molar-refractivity contribution in [2.75, 3.05) is 7.11 Å². The number of hydrogen-bond donors (Lipinski definition) is 2. The molecule has 0 saturated carbocycles. The number of aromatic carboxylic acids is 1. The molecule has 0 radical (unpaired) electrons. The number of H-pyrrole nitrogens is 1. The minimum absolute atomic E-state index is 0.205. The number of nitrogens with zero attached hydrogens (tertiary/aromatic N) is 1. The molecule has 1 aromatic rings. The van der Waals surface area contributed by atoms with E-state index in [1.54, 1.807) is 6.92 Å². The molecule has 0 aromatic carbocycles. The molecule has 5 heteroatoms. The average Bonchev–Trinajstić information content (AvgIpc) is 2.32. The number of nitrogens with one attached hydrogen (secondary N) is 1. The smallest absolute Gasteiger partial charge is 0.339 e. The highest BCUT2D eigenvalue weighted by molar-refractivity contribution is 5.90. The highest BCUT2D eigenvalue weighted by atomic mass is 16.5. The zero-order valence-electron chi connectivity index (χ0n) is 6.92. The topological polar surface area (TPSA) is 75.2 Å². The zero-order valence-corrected chi connectivity index (χ0v) is 6.92. The molecule has 0 saturated heterocycles. The Labute approximate surface area is 69.4 Å². The fourth-order valence-electron chi connectivity index (χ4n) is 1.00. The number of hydrogen-bond acceptors (Lipinski definition) is 3. The first kappa shape index (κ1) is 8.73. The van der Waals surface area contributed by atoms with Crippen LogP contribution >= 0.6 is 0 Å². The van der Waals surface area contributed by atoms with Crippen molar-refractivity contribution in [1.29, 1.82) is 0 Å². The van der Waals surface area contributed by atoms with Gasteiger partial charge in [0.1, 0.15) is 11.3 Å². The number of aryl methyl sites for hydroxylation is 1. The number of carbonyl (C=O) groups is 1. The van der Waals surface area contributed by atoms with Gasteiger partial charge in [0, 0.05) is 12.8 Å². The number of ether oxygens (including phenoxy) is 1. The van der Waals surface area contributed by atoms with Crippen molar-refractivity contribution in [1.82, 2.24) is 10.2 Å². The Bertz CT molecular complexity index is 293. The fraction of sp³-hybridized carbons (Fsp3) is 0.429. The van der Waals surface area contributed by atoms with Gasteiger partial charge < -0.3 is 9.84 Å². The van der Waals surface area contributed by atoms with Crippen molar-refractivity contribution in [3.63, 3.8) is 0 Å². The third-order valence-corrected chi connectivity index (χ3v) is 1.52. The summed E-state index contributed by atoms with van der Waals surface area (Å²) in [4.78, 5) is 10.7. The predicted octanol–water partition coefficient (Wildman–Crippen LogP) is 0.563. The summed E-state index contributed by atoms with van der Waals surface area (Å²) in [5, 5.41) is 15.1. The van der Waals surface area contributed by atoms with E-state index in [0.29, 0.717) is 11.4 Å². The third kappa shape index (κ3) is 1.45. The van der Waals surface area contributed by atoms with Crippen molar-refractivity contribution in [3.8, 4) is 0 Å². The lowest BCUT2D eigenvalue weighted by Crippen LogP contribution is -2.02. The number of aromatic nitrogens is 2. The van der Waals surface area contributed by atoms with Gasteiger partial charge in [0.15, 0.2) is 0 Å². The Balaban J connectivity index is 3.04. The van der Waals surface area contributed by atoms with Gasteiger partial charge in [-0.05, 0) is 6.92 Å². The first-order valence-corrected chi connectivity index (χ1v) is 3.43. The molecule has 0 aliphatic rings. The van der Waals surface area contributed by atoms with E-state index in [-0.39, 0.29) is 12.2 Å². The fourth-order valence-corrected chi connectivity index (χ4v) is 1.00.